The third-order valence-electron chi connectivity index (χ3n) is 3.74. The van der Waals surface area contributed by atoms with Gasteiger partial charge in [-0.25, -0.2) is 0 Å². The molecule has 20 heavy (non-hydrogen) atoms. The number of hydrogen-bond acceptors (Lipinski definition) is 3. The zero-order chi connectivity index (χ0) is 13.8. The van der Waals surface area contributed by atoms with Crippen LogP contribution in [0.3, 0.4) is 0 Å². The minimum absolute atomic E-state index is 0.130. The maximum Gasteiger partial charge on any atom is 0.220 e. The largest absolute Gasteiger partial charge is 0.381 e. The van der Waals surface area contributed by atoms with Crippen molar-refractivity contribution in [3.8, 4) is 0 Å². The number of fused-ring (bicyclic) bond motifs is 1. The second-order valence-electron chi connectivity index (χ2n) is 5.36. The predicted molar refractivity (Wildman–Crippen MR) is 81.8 cm³/mol. The van der Waals surface area contributed by atoms with Gasteiger partial charge in [-0.15, -0.1) is 11.3 Å². The van der Waals surface area contributed by atoms with Crippen molar-refractivity contribution in [2.24, 2.45) is 5.92 Å². The topological polar surface area (TPSA) is 38.3 Å². The lowest BCUT2D eigenvalue weighted by Crippen LogP contribution is -2.28. The Labute approximate surface area is 122 Å². The average molecular weight is 289 g/mol. The summed E-state index contributed by atoms with van der Waals surface area (Å²) in [7, 11) is 0. The van der Waals surface area contributed by atoms with Gasteiger partial charge in [-0.05, 0) is 53.3 Å². The van der Waals surface area contributed by atoms with E-state index in [4.69, 9.17) is 4.74 Å². The second kappa shape index (κ2) is 6.37. The third kappa shape index (κ3) is 3.38. The standard InChI is InChI=1S/C16H19NO2S/c18-16(9-13-2-1-6-19-11-13)17-10-12-3-4-15-14(8-12)5-7-20-15/h3-5,7-8,13H,1-2,6,9-11H2,(H,17,18)/t13-/m1/s1. The summed E-state index contributed by atoms with van der Waals surface area (Å²) in [4.78, 5) is 11.9. The van der Waals surface area contributed by atoms with Crippen LogP contribution in [0.1, 0.15) is 24.8 Å². The van der Waals surface area contributed by atoms with Crippen molar-refractivity contribution in [3.05, 3.63) is 35.2 Å². The Kier molecular flexibility index (Phi) is 4.33. The van der Waals surface area contributed by atoms with Crippen LogP contribution in [0.2, 0.25) is 0 Å². The number of benzene rings is 1. The van der Waals surface area contributed by atoms with E-state index < -0.39 is 0 Å². The minimum Gasteiger partial charge on any atom is -0.381 e. The van der Waals surface area contributed by atoms with Crippen molar-refractivity contribution < 1.29 is 9.53 Å². The number of ether oxygens (including phenoxy) is 1. The number of thiophene rings is 1. The molecule has 0 radical (unpaired) electrons. The van der Waals surface area contributed by atoms with Gasteiger partial charge in [-0.3, -0.25) is 4.79 Å². The Morgan fingerprint density at radius 1 is 1.40 bits per heavy atom. The van der Waals surface area contributed by atoms with Crippen LogP contribution in [-0.2, 0) is 16.1 Å². The van der Waals surface area contributed by atoms with E-state index in [2.05, 4.69) is 35.0 Å². The molecule has 2 aromatic rings. The maximum atomic E-state index is 11.9. The van der Waals surface area contributed by atoms with Crippen molar-refractivity contribution >= 4 is 27.3 Å². The molecule has 0 spiro atoms. The van der Waals surface area contributed by atoms with Gasteiger partial charge in [0.1, 0.15) is 0 Å². The molecule has 1 aromatic heterocycles. The summed E-state index contributed by atoms with van der Waals surface area (Å²) in [5.74, 6) is 0.522. The summed E-state index contributed by atoms with van der Waals surface area (Å²) in [5.41, 5.74) is 1.16. The summed E-state index contributed by atoms with van der Waals surface area (Å²) in [6.07, 6.45) is 2.77. The third-order valence-corrected chi connectivity index (χ3v) is 4.63. The lowest BCUT2D eigenvalue weighted by Gasteiger charge is -2.21. The summed E-state index contributed by atoms with van der Waals surface area (Å²) in [6, 6.07) is 8.47. The van der Waals surface area contributed by atoms with Crippen LogP contribution >= 0.6 is 11.3 Å². The Morgan fingerprint density at radius 2 is 2.35 bits per heavy atom. The van der Waals surface area contributed by atoms with E-state index in [1.165, 1.54) is 10.1 Å². The quantitative estimate of drug-likeness (QED) is 0.937. The van der Waals surface area contributed by atoms with Gasteiger partial charge in [0, 0.05) is 30.9 Å². The lowest BCUT2D eigenvalue weighted by atomic mass is 9.98. The molecule has 0 bridgehead atoms. The first-order valence-electron chi connectivity index (χ1n) is 7.12. The van der Waals surface area contributed by atoms with E-state index >= 15 is 0 Å². The van der Waals surface area contributed by atoms with Crippen LogP contribution in [0, 0.1) is 5.92 Å². The first kappa shape index (κ1) is 13.6. The fraction of sp³-hybridized carbons (Fsp3) is 0.438. The fourth-order valence-corrected chi connectivity index (χ4v) is 3.40. The summed E-state index contributed by atoms with van der Waals surface area (Å²) >= 11 is 1.74. The molecule has 0 saturated carbocycles. The fourth-order valence-electron chi connectivity index (χ4n) is 2.63. The van der Waals surface area contributed by atoms with Crippen LogP contribution < -0.4 is 5.32 Å². The van der Waals surface area contributed by atoms with Crippen LogP contribution in [-0.4, -0.2) is 19.1 Å². The normalized spacial score (nSPS) is 19.1. The van der Waals surface area contributed by atoms with Gasteiger partial charge in [0.2, 0.25) is 5.91 Å². The predicted octanol–water partition coefficient (Wildman–Crippen LogP) is 3.33. The zero-order valence-corrected chi connectivity index (χ0v) is 12.2. The summed E-state index contributed by atoms with van der Waals surface area (Å²) < 4.78 is 6.70. The minimum atomic E-state index is 0.130. The van der Waals surface area contributed by atoms with Gasteiger partial charge in [0.15, 0.2) is 0 Å². The smallest absolute Gasteiger partial charge is 0.220 e. The van der Waals surface area contributed by atoms with Crippen LogP contribution in [0.4, 0.5) is 0 Å². The van der Waals surface area contributed by atoms with Crippen molar-refractivity contribution in [2.75, 3.05) is 13.2 Å². The number of carbonyl (C=O) groups excluding carboxylic acids is 1. The maximum absolute atomic E-state index is 11.9. The molecular weight excluding hydrogens is 270 g/mol. The molecule has 3 rings (SSSR count). The zero-order valence-electron chi connectivity index (χ0n) is 11.4. The molecule has 4 heteroatoms. The van der Waals surface area contributed by atoms with Gasteiger partial charge in [-0.2, -0.15) is 0 Å². The van der Waals surface area contributed by atoms with Crippen molar-refractivity contribution in [2.45, 2.75) is 25.8 Å². The number of nitrogens with one attached hydrogen (secondary N) is 1. The molecule has 1 saturated heterocycles. The molecule has 1 atom stereocenters. The van der Waals surface area contributed by atoms with Crippen LogP contribution in [0.25, 0.3) is 10.1 Å². The number of hydrogen-bond donors (Lipinski definition) is 1. The highest BCUT2D eigenvalue weighted by atomic mass is 32.1. The van der Waals surface area contributed by atoms with Crippen molar-refractivity contribution in [1.82, 2.24) is 5.32 Å². The van der Waals surface area contributed by atoms with E-state index in [0.717, 1.165) is 31.6 Å². The Morgan fingerprint density at radius 3 is 3.20 bits per heavy atom. The van der Waals surface area contributed by atoms with E-state index in [9.17, 15) is 4.79 Å². The SMILES string of the molecule is O=C(C[C@H]1CCCOC1)NCc1ccc2sccc2c1. The molecule has 3 nitrogen and oxygen atoms in total. The first-order chi connectivity index (χ1) is 9.81. The van der Waals surface area contributed by atoms with Gasteiger partial charge < -0.3 is 10.1 Å². The number of rotatable bonds is 4. The second-order valence-corrected chi connectivity index (χ2v) is 6.30. The summed E-state index contributed by atoms with van der Waals surface area (Å²) in [5, 5.41) is 6.36. The molecular formula is C16H19NO2S. The molecule has 1 amide bonds. The molecule has 1 aromatic carbocycles. The first-order valence-corrected chi connectivity index (χ1v) is 8.00. The van der Waals surface area contributed by atoms with Gasteiger partial charge in [0.25, 0.3) is 0 Å². The molecule has 0 aliphatic carbocycles. The molecule has 1 fully saturated rings. The van der Waals surface area contributed by atoms with E-state index in [1.807, 2.05) is 0 Å². The number of amides is 1. The van der Waals surface area contributed by atoms with Crippen LogP contribution in [0.15, 0.2) is 29.6 Å². The molecule has 2 heterocycles. The van der Waals surface area contributed by atoms with E-state index in [0.29, 0.717) is 18.9 Å². The Hall–Kier alpha value is -1.39. The average Bonchev–Trinajstić information content (AvgIpc) is 2.93. The molecule has 1 aliphatic rings. The van der Waals surface area contributed by atoms with Crippen molar-refractivity contribution in [1.29, 1.82) is 0 Å². The van der Waals surface area contributed by atoms with Gasteiger partial charge in [0.05, 0.1) is 0 Å². The van der Waals surface area contributed by atoms with Gasteiger partial charge in [-0.1, -0.05) is 6.07 Å². The van der Waals surface area contributed by atoms with E-state index in [-0.39, 0.29) is 5.91 Å². The van der Waals surface area contributed by atoms with E-state index in [1.54, 1.807) is 11.3 Å². The Bertz CT molecular complexity index is 587. The highest BCUT2D eigenvalue weighted by Crippen LogP contribution is 2.22. The lowest BCUT2D eigenvalue weighted by molar-refractivity contribution is -0.123. The van der Waals surface area contributed by atoms with Gasteiger partial charge >= 0.3 is 0 Å². The molecule has 1 aliphatic heterocycles. The summed E-state index contributed by atoms with van der Waals surface area (Å²) in [6.45, 7) is 2.19. The Balaban J connectivity index is 1.51. The molecule has 106 valence electrons. The highest BCUT2D eigenvalue weighted by Gasteiger charge is 2.17. The number of carbonyl (C=O) groups is 1. The molecule has 0 unspecified atom stereocenters. The molecule has 1 N–H and O–H groups in total. The van der Waals surface area contributed by atoms with Crippen molar-refractivity contribution in [3.63, 3.8) is 0 Å². The monoisotopic (exact) mass is 289 g/mol. The highest BCUT2D eigenvalue weighted by molar-refractivity contribution is 7.17. The van der Waals surface area contributed by atoms with Crippen LogP contribution in [0.5, 0.6) is 0 Å².